The summed E-state index contributed by atoms with van der Waals surface area (Å²) in [6.07, 6.45) is 2.99. The summed E-state index contributed by atoms with van der Waals surface area (Å²) in [6, 6.07) is 17.1. The summed E-state index contributed by atoms with van der Waals surface area (Å²) in [5, 5.41) is 3.17. The first-order valence-electron chi connectivity index (χ1n) is 6.99. The monoisotopic (exact) mass is 265 g/mol. The number of nitrogens with one attached hydrogen (secondary N) is 1. The second-order valence-corrected chi connectivity index (χ2v) is 5.03. The van der Waals surface area contributed by atoms with Crippen LogP contribution in [0.2, 0.25) is 0 Å². The summed E-state index contributed by atoms with van der Waals surface area (Å²) in [4.78, 5) is 4.43. The molecule has 1 aromatic heterocycles. The van der Waals surface area contributed by atoms with Crippen molar-refractivity contribution in [2.45, 2.75) is 13.0 Å². The van der Waals surface area contributed by atoms with Crippen LogP contribution in [0.15, 0.2) is 54.9 Å². The SMILES string of the molecule is CNCCc1ccc(Cn2cnc3ccccc32)cc1. The molecule has 1 heterocycles. The minimum Gasteiger partial charge on any atom is -0.326 e. The van der Waals surface area contributed by atoms with Gasteiger partial charge >= 0.3 is 0 Å². The minimum absolute atomic E-state index is 0.868. The van der Waals surface area contributed by atoms with E-state index in [9.17, 15) is 0 Å². The van der Waals surface area contributed by atoms with Crippen LogP contribution in [0.25, 0.3) is 11.0 Å². The van der Waals surface area contributed by atoms with Crippen LogP contribution in [0.4, 0.5) is 0 Å². The summed E-state index contributed by atoms with van der Waals surface area (Å²) >= 11 is 0. The van der Waals surface area contributed by atoms with Gasteiger partial charge in [-0.05, 0) is 43.3 Å². The number of para-hydroxylation sites is 2. The van der Waals surface area contributed by atoms with Gasteiger partial charge in [-0.25, -0.2) is 4.98 Å². The molecule has 0 fully saturated rings. The van der Waals surface area contributed by atoms with Crippen LogP contribution < -0.4 is 5.32 Å². The van der Waals surface area contributed by atoms with E-state index in [-0.39, 0.29) is 0 Å². The van der Waals surface area contributed by atoms with Crippen molar-refractivity contribution in [3.05, 3.63) is 66.0 Å². The number of aromatic nitrogens is 2. The first kappa shape index (κ1) is 12.9. The molecule has 0 radical (unpaired) electrons. The summed E-state index contributed by atoms with van der Waals surface area (Å²) in [5.41, 5.74) is 4.92. The van der Waals surface area contributed by atoms with E-state index in [1.165, 1.54) is 16.6 Å². The molecule has 0 spiro atoms. The lowest BCUT2D eigenvalue weighted by Crippen LogP contribution is -2.10. The molecule has 0 aliphatic rings. The number of hydrogen-bond acceptors (Lipinski definition) is 2. The van der Waals surface area contributed by atoms with Gasteiger partial charge in [0, 0.05) is 6.54 Å². The highest BCUT2D eigenvalue weighted by atomic mass is 15.0. The summed E-state index contributed by atoms with van der Waals surface area (Å²) < 4.78 is 2.19. The molecule has 2 aromatic carbocycles. The maximum atomic E-state index is 4.43. The predicted molar refractivity (Wildman–Crippen MR) is 82.9 cm³/mol. The third kappa shape index (κ3) is 2.73. The van der Waals surface area contributed by atoms with Crippen LogP contribution in [-0.2, 0) is 13.0 Å². The Morgan fingerprint density at radius 3 is 2.55 bits per heavy atom. The van der Waals surface area contributed by atoms with Gasteiger partial charge in [0.15, 0.2) is 0 Å². The number of rotatable bonds is 5. The molecule has 20 heavy (non-hydrogen) atoms. The molecule has 0 atom stereocenters. The van der Waals surface area contributed by atoms with E-state index >= 15 is 0 Å². The maximum Gasteiger partial charge on any atom is 0.0961 e. The van der Waals surface area contributed by atoms with Crippen LogP contribution >= 0.6 is 0 Å². The lowest BCUT2D eigenvalue weighted by molar-refractivity contribution is 0.789. The van der Waals surface area contributed by atoms with Gasteiger partial charge in [-0.3, -0.25) is 0 Å². The third-order valence-electron chi connectivity index (χ3n) is 3.57. The first-order chi connectivity index (χ1) is 9.86. The fourth-order valence-electron chi connectivity index (χ4n) is 2.41. The zero-order chi connectivity index (χ0) is 13.8. The molecule has 3 nitrogen and oxygen atoms in total. The molecule has 3 heteroatoms. The number of benzene rings is 2. The normalized spacial score (nSPS) is 11.1. The second kappa shape index (κ2) is 5.88. The minimum atomic E-state index is 0.868. The molecular weight excluding hydrogens is 246 g/mol. The van der Waals surface area contributed by atoms with Gasteiger partial charge in [0.1, 0.15) is 0 Å². The highest BCUT2D eigenvalue weighted by Crippen LogP contribution is 2.14. The van der Waals surface area contributed by atoms with Crippen molar-refractivity contribution < 1.29 is 0 Å². The molecular formula is C17H19N3. The molecule has 0 amide bonds. The molecule has 0 saturated carbocycles. The van der Waals surface area contributed by atoms with Gasteiger partial charge in [-0.15, -0.1) is 0 Å². The van der Waals surface area contributed by atoms with E-state index < -0.39 is 0 Å². The van der Waals surface area contributed by atoms with E-state index in [1.54, 1.807) is 0 Å². The van der Waals surface area contributed by atoms with E-state index in [1.807, 2.05) is 25.5 Å². The average molecular weight is 265 g/mol. The summed E-state index contributed by atoms with van der Waals surface area (Å²) in [5.74, 6) is 0. The molecule has 0 unspecified atom stereocenters. The third-order valence-corrected chi connectivity index (χ3v) is 3.57. The van der Waals surface area contributed by atoms with Gasteiger partial charge < -0.3 is 9.88 Å². The van der Waals surface area contributed by atoms with Gasteiger partial charge in [0.05, 0.1) is 17.4 Å². The Morgan fingerprint density at radius 2 is 1.75 bits per heavy atom. The first-order valence-corrected chi connectivity index (χ1v) is 6.99. The standard InChI is InChI=1S/C17H19N3/c1-18-11-10-14-6-8-15(9-7-14)12-20-13-19-16-4-2-3-5-17(16)20/h2-9,13,18H,10-12H2,1H3. The maximum absolute atomic E-state index is 4.43. The zero-order valence-corrected chi connectivity index (χ0v) is 11.7. The van der Waals surface area contributed by atoms with E-state index in [0.717, 1.165) is 25.0 Å². The highest BCUT2D eigenvalue weighted by molar-refractivity contribution is 5.75. The van der Waals surface area contributed by atoms with Crippen LogP contribution in [0.3, 0.4) is 0 Å². The molecule has 1 N–H and O–H groups in total. The predicted octanol–water partition coefficient (Wildman–Crippen LogP) is 2.85. The van der Waals surface area contributed by atoms with Gasteiger partial charge in [0.2, 0.25) is 0 Å². The summed E-state index contributed by atoms with van der Waals surface area (Å²) in [6.45, 7) is 1.89. The molecule has 0 aliphatic heterocycles. The van der Waals surface area contributed by atoms with Crippen molar-refractivity contribution >= 4 is 11.0 Å². The van der Waals surface area contributed by atoms with Gasteiger partial charge in [0.25, 0.3) is 0 Å². The van der Waals surface area contributed by atoms with Crippen molar-refractivity contribution in [1.82, 2.24) is 14.9 Å². The van der Waals surface area contributed by atoms with Crippen LogP contribution in [0, 0.1) is 0 Å². The zero-order valence-electron chi connectivity index (χ0n) is 11.7. The lowest BCUT2D eigenvalue weighted by atomic mass is 10.1. The quantitative estimate of drug-likeness (QED) is 0.769. The Kier molecular flexibility index (Phi) is 3.79. The Labute approximate surface area is 119 Å². The van der Waals surface area contributed by atoms with Crippen LogP contribution in [-0.4, -0.2) is 23.1 Å². The Balaban J connectivity index is 1.77. The summed E-state index contributed by atoms with van der Waals surface area (Å²) in [7, 11) is 1.98. The average Bonchev–Trinajstić information content (AvgIpc) is 2.90. The smallest absolute Gasteiger partial charge is 0.0961 e. The van der Waals surface area contributed by atoms with Crippen LogP contribution in [0.5, 0.6) is 0 Å². The molecule has 3 aromatic rings. The fraction of sp³-hybridized carbons (Fsp3) is 0.235. The topological polar surface area (TPSA) is 29.9 Å². The lowest BCUT2D eigenvalue weighted by Gasteiger charge is -2.06. The number of imidazole rings is 1. The Hall–Kier alpha value is -2.13. The second-order valence-electron chi connectivity index (χ2n) is 5.03. The molecule has 0 bridgehead atoms. The van der Waals surface area contributed by atoms with Gasteiger partial charge in [-0.2, -0.15) is 0 Å². The molecule has 0 saturated heterocycles. The van der Waals surface area contributed by atoms with E-state index in [4.69, 9.17) is 0 Å². The van der Waals surface area contributed by atoms with Gasteiger partial charge in [-0.1, -0.05) is 36.4 Å². The number of likely N-dealkylation sites (N-methyl/N-ethyl adjacent to an activating group) is 1. The number of fused-ring (bicyclic) bond motifs is 1. The number of nitrogens with zero attached hydrogens (tertiary/aromatic N) is 2. The van der Waals surface area contributed by atoms with Crippen molar-refractivity contribution in [3.8, 4) is 0 Å². The number of hydrogen-bond donors (Lipinski definition) is 1. The molecule has 3 rings (SSSR count). The van der Waals surface area contributed by atoms with Crippen LogP contribution in [0.1, 0.15) is 11.1 Å². The molecule has 0 aliphatic carbocycles. The largest absolute Gasteiger partial charge is 0.326 e. The highest BCUT2D eigenvalue weighted by Gasteiger charge is 2.02. The van der Waals surface area contributed by atoms with E-state index in [2.05, 4.69) is 51.3 Å². The Morgan fingerprint density at radius 1 is 1.00 bits per heavy atom. The van der Waals surface area contributed by atoms with Crippen molar-refractivity contribution in [2.24, 2.45) is 0 Å². The van der Waals surface area contributed by atoms with Crippen molar-refractivity contribution in [3.63, 3.8) is 0 Å². The fourth-order valence-corrected chi connectivity index (χ4v) is 2.41. The molecule has 102 valence electrons. The van der Waals surface area contributed by atoms with Crippen molar-refractivity contribution in [2.75, 3.05) is 13.6 Å². The van der Waals surface area contributed by atoms with Crippen molar-refractivity contribution in [1.29, 1.82) is 0 Å². The Bertz CT molecular complexity index is 683. The van der Waals surface area contributed by atoms with E-state index in [0.29, 0.717) is 0 Å².